The zero-order valence-corrected chi connectivity index (χ0v) is 23.9. The Kier molecular flexibility index (Phi) is 4.26. The zero-order valence-electron chi connectivity index (χ0n) is 23.9. The van der Waals surface area contributed by atoms with Crippen LogP contribution in [0.15, 0.2) is 132 Å². The van der Waals surface area contributed by atoms with E-state index in [1.54, 1.807) is 39.0 Å². The van der Waals surface area contributed by atoms with Crippen LogP contribution >= 0.6 is 0 Å². The molecule has 0 aliphatic heterocycles. The average molecular weight is 529 g/mol. The smallest absolute Gasteiger partial charge is 0.0645 e. The lowest BCUT2D eigenvalue weighted by Gasteiger charge is -2.52. The molecule has 6 atom stereocenters. The minimum absolute atomic E-state index is 0.000696. The van der Waals surface area contributed by atoms with Crippen molar-refractivity contribution in [2.45, 2.75) is 56.3 Å². The minimum atomic E-state index is -0.149. The molecule has 8 aliphatic carbocycles. The summed E-state index contributed by atoms with van der Waals surface area (Å²) in [5, 5.41) is 0. The van der Waals surface area contributed by atoms with Crippen molar-refractivity contribution in [3.05, 3.63) is 159 Å². The molecule has 1 spiro atoms. The summed E-state index contributed by atoms with van der Waals surface area (Å²) < 4.78 is 0. The van der Waals surface area contributed by atoms with Gasteiger partial charge >= 0.3 is 0 Å². The summed E-state index contributed by atoms with van der Waals surface area (Å²) in [6.45, 7) is 2.41. The molecule has 0 bridgehead atoms. The lowest BCUT2D eigenvalue weighted by atomic mass is 9.49. The molecule has 1 saturated carbocycles. The first kappa shape index (κ1) is 23.0. The highest BCUT2D eigenvalue weighted by atomic mass is 14.7. The molecule has 41 heavy (non-hydrogen) atoms. The number of fused-ring (bicyclic) bond motifs is 11. The van der Waals surface area contributed by atoms with Gasteiger partial charge in [0, 0.05) is 11.3 Å². The molecule has 0 nitrogen and oxygen atoms in total. The van der Waals surface area contributed by atoms with Crippen molar-refractivity contribution in [1.29, 1.82) is 0 Å². The molecule has 2 aromatic carbocycles. The van der Waals surface area contributed by atoms with E-state index in [1.807, 2.05) is 0 Å². The van der Waals surface area contributed by atoms with Crippen molar-refractivity contribution >= 4 is 5.57 Å². The van der Waals surface area contributed by atoms with E-state index in [9.17, 15) is 0 Å². The molecule has 2 aromatic rings. The molecule has 8 aliphatic rings. The summed E-state index contributed by atoms with van der Waals surface area (Å²) in [6.07, 6.45) is 33.8. The minimum Gasteiger partial charge on any atom is -0.0839 e. The van der Waals surface area contributed by atoms with Gasteiger partial charge in [0.25, 0.3) is 0 Å². The monoisotopic (exact) mass is 528 g/mol. The molecule has 1 fully saturated rings. The van der Waals surface area contributed by atoms with Crippen LogP contribution in [0.1, 0.15) is 73.3 Å². The fourth-order valence-corrected chi connectivity index (χ4v) is 10.7. The number of hydrogen-bond donors (Lipinski definition) is 0. The number of rotatable bonds is 2. The highest BCUT2D eigenvalue weighted by Crippen LogP contribution is 2.74. The largest absolute Gasteiger partial charge is 0.0839 e. The summed E-state index contributed by atoms with van der Waals surface area (Å²) in [5.74, 6) is 1.75. The lowest BCUT2D eigenvalue weighted by Crippen LogP contribution is -2.47. The van der Waals surface area contributed by atoms with E-state index in [4.69, 9.17) is 0 Å². The number of allylic oxidation sites excluding steroid dienone is 16. The average Bonchev–Trinajstić information content (AvgIpc) is 3.58. The predicted molar refractivity (Wildman–Crippen MR) is 168 cm³/mol. The Morgan fingerprint density at radius 3 is 2.63 bits per heavy atom. The Hall–Kier alpha value is -3.64. The number of benzene rings is 2. The van der Waals surface area contributed by atoms with Gasteiger partial charge in [-0.3, -0.25) is 0 Å². The normalized spacial score (nSPS) is 37.5. The first-order chi connectivity index (χ1) is 20.2. The molecule has 200 valence electrons. The molecule has 0 radical (unpaired) electrons. The van der Waals surface area contributed by atoms with Crippen LogP contribution in [0.5, 0.6) is 0 Å². The van der Waals surface area contributed by atoms with E-state index in [1.165, 1.54) is 29.6 Å². The maximum absolute atomic E-state index is 2.58. The molecular weight excluding hydrogens is 492 g/mol. The molecule has 0 N–H and O–H groups in total. The van der Waals surface area contributed by atoms with Crippen molar-refractivity contribution < 1.29 is 0 Å². The van der Waals surface area contributed by atoms with Crippen LogP contribution in [0.2, 0.25) is 0 Å². The summed E-state index contributed by atoms with van der Waals surface area (Å²) in [7, 11) is 0. The van der Waals surface area contributed by atoms with E-state index < -0.39 is 0 Å². The van der Waals surface area contributed by atoms with Crippen molar-refractivity contribution in [3.8, 4) is 0 Å². The second-order valence-corrected chi connectivity index (χ2v) is 14.1. The molecule has 0 saturated heterocycles. The van der Waals surface area contributed by atoms with Crippen LogP contribution in [0, 0.1) is 23.2 Å². The van der Waals surface area contributed by atoms with E-state index in [0.29, 0.717) is 17.8 Å². The maximum Gasteiger partial charge on any atom is 0.0645 e. The fraction of sp³-hybridized carbons (Fsp3) is 0.317. The summed E-state index contributed by atoms with van der Waals surface area (Å²) >= 11 is 0. The summed E-state index contributed by atoms with van der Waals surface area (Å²) in [6, 6.07) is 17.2. The number of hydrogen-bond acceptors (Lipinski definition) is 0. The van der Waals surface area contributed by atoms with Crippen LogP contribution in [0.3, 0.4) is 0 Å². The SMILES string of the molecule is CC1C=CC2=C(C1)C1(C3=C2C=CCC3)c2ccccc2C2(CC34C=CC=CC3C4)c3c(cccc31)C1=CC=CCC12. The van der Waals surface area contributed by atoms with Gasteiger partial charge in [0.2, 0.25) is 0 Å². The Morgan fingerprint density at radius 2 is 1.71 bits per heavy atom. The predicted octanol–water partition coefficient (Wildman–Crippen LogP) is 9.62. The van der Waals surface area contributed by atoms with Gasteiger partial charge in [0.1, 0.15) is 0 Å². The Bertz CT molecular complexity index is 1830. The third kappa shape index (κ3) is 2.57. The van der Waals surface area contributed by atoms with Crippen LogP contribution in [0.4, 0.5) is 0 Å². The molecule has 0 heteroatoms. The highest BCUT2D eigenvalue weighted by molar-refractivity contribution is 5.88. The van der Waals surface area contributed by atoms with E-state index in [-0.39, 0.29) is 16.2 Å². The molecule has 0 amide bonds. The van der Waals surface area contributed by atoms with Crippen molar-refractivity contribution in [3.63, 3.8) is 0 Å². The van der Waals surface area contributed by atoms with Gasteiger partial charge < -0.3 is 0 Å². The van der Waals surface area contributed by atoms with Crippen molar-refractivity contribution in [2.24, 2.45) is 23.2 Å². The molecule has 0 heterocycles. The fourth-order valence-electron chi connectivity index (χ4n) is 10.7. The van der Waals surface area contributed by atoms with Gasteiger partial charge in [-0.05, 0) is 111 Å². The standard InChI is InChI=1S/C41H36/c1-26-20-21-30-28-12-3-5-16-33(28)41(37(30)23-26)35-18-7-6-17-34(35)40(25-39-22-9-8-11-27(39)24-39)32-15-4-2-13-29(32)31-14-10-19-36(41)38(31)40/h2-4,6-14,17-22,26-27,32H,5,15-16,23-25H2,1H3. The van der Waals surface area contributed by atoms with E-state index >= 15 is 0 Å². The lowest BCUT2D eigenvalue weighted by molar-refractivity contribution is 0.304. The second kappa shape index (κ2) is 7.60. The molecular formula is C41H36. The molecule has 0 aromatic heterocycles. The first-order valence-electron chi connectivity index (χ1n) is 16.0. The van der Waals surface area contributed by atoms with Crippen molar-refractivity contribution in [1.82, 2.24) is 0 Å². The van der Waals surface area contributed by atoms with Crippen LogP contribution < -0.4 is 0 Å². The van der Waals surface area contributed by atoms with E-state index in [2.05, 4.69) is 116 Å². The highest BCUT2D eigenvalue weighted by Gasteiger charge is 2.66. The first-order valence-corrected chi connectivity index (χ1v) is 16.0. The summed E-state index contributed by atoms with van der Waals surface area (Å²) in [5.41, 5.74) is 16.2. The van der Waals surface area contributed by atoms with Gasteiger partial charge in [0.05, 0.1) is 5.41 Å². The Morgan fingerprint density at radius 1 is 0.829 bits per heavy atom. The van der Waals surface area contributed by atoms with Crippen LogP contribution in [-0.4, -0.2) is 0 Å². The van der Waals surface area contributed by atoms with Crippen LogP contribution in [0.25, 0.3) is 5.57 Å². The zero-order chi connectivity index (χ0) is 27.0. The third-order valence-corrected chi connectivity index (χ3v) is 12.3. The van der Waals surface area contributed by atoms with Crippen LogP contribution in [-0.2, 0) is 10.8 Å². The van der Waals surface area contributed by atoms with Gasteiger partial charge in [-0.25, -0.2) is 0 Å². The maximum atomic E-state index is 2.58. The van der Waals surface area contributed by atoms with Gasteiger partial charge in [0.15, 0.2) is 0 Å². The molecule has 6 unspecified atom stereocenters. The third-order valence-electron chi connectivity index (χ3n) is 12.3. The van der Waals surface area contributed by atoms with Gasteiger partial charge in [-0.1, -0.05) is 116 Å². The Labute approximate surface area is 244 Å². The second-order valence-electron chi connectivity index (χ2n) is 14.1. The topological polar surface area (TPSA) is 0 Å². The Balaban J connectivity index is 1.35. The van der Waals surface area contributed by atoms with Gasteiger partial charge in [-0.15, -0.1) is 0 Å². The van der Waals surface area contributed by atoms with Gasteiger partial charge in [-0.2, -0.15) is 0 Å². The summed E-state index contributed by atoms with van der Waals surface area (Å²) in [4.78, 5) is 0. The quantitative estimate of drug-likeness (QED) is 0.364. The van der Waals surface area contributed by atoms with E-state index in [0.717, 1.165) is 25.7 Å². The molecule has 10 rings (SSSR count). The van der Waals surface area contributed by atoms with Crippen molar-refractivity contribution in [2.75, 3.05) is 0 Å².